The van der Waals surface area contributed by atoms with Gasteiger partial charge in [0.1, 0.15) is 11.6 Å². The lowest BCUT2D eigenvalue weighted by atomic mass is 10.1. The number of carbonyl (C=O) groups is 1. The molecule has 0 aliphatic rings. The van der Waals surface area contributed by atoms with Crippen LogP contribution in [0.4, 0.5) is 0 Å². The average Bonchev–Trinajstić information content (AvgIpc) is 2.60. The second-order valence-electron chi connectivity index (χ2n) is 4.93. The number of ether oxygens (including phenoxy) is 3. The maximum absolute atomic E-state index is 12.2. The van der Waals surface area contributed by atoms with Gasteiger partial charge in [0.05, 0.1) is 26.9 Å². The second kappa shape index (κ2) is 10.1. The molecule has 130 valence electrons. The fraction of sp³-hybridized carbons (Fsp3) is 0.412. The molecule has 1 aromatic rings. The summed E-state index contributed by atoms with van der Waals surface area (Å²) in [6, 6.07) is 6.97. The van der Waals surface area contributed by atoms with Crippen molar-refractivity contribution in [1.82, 2.24) is 10.6 Å². The Kier molecular flexibility index (Phi) is 8.16. The van der Waals surface area contributed by atoms with E-state index in [1.807, 2.05) is 19.1 Å². The van der Waals surface area contributed by atoms with Crippen LogP contribution in [0.1, 0.15) is 18.5 Å². The summed E-state index contributed by atoms with van der Waals surface area (Å²) >= 11 is 0. The molecule has 1 rings (SSSR count). The van der Waals surface area contributed by atoms with Crippen LogP contribution in [0.5, 0.6) is 11.5 Å². The number of hydrogen-bond donors (Lipinski definition) is 2. The molecule has 0 aromatic heterocycles. The minimum atomic E-state index is -0.454. The van der Waals surface area contributed by atoms with Gasteiger partial charge in [-0.05, 0) is 24.6 Å². The number of methoxy groups -OCH3 is 3. The highest BCUT2D eigenvalue weighted by molar-refractivity contribution is 5.97. The highest BCUT2D eigenvalue weighted by Crippen LogP contribution is 2.29. The summed E-state index contributed by atoms with van der Waals surface area (Å²) in [5.74, 6) is 0.734. The Bertz CT molecular complexity index is 623. The largest absolute Gasteiger partial charge is 0.493 e. The third-order valence-electron chi connectivity index (χ3n) is 3.32. The molecule has 1 amide bonds. The Hall–Kier alpha value is -2.72. The Morgan fingerprint density at radius 1 is 1.29 bits per heavy atom. The van der Waals surface area contributed by atoms with E-state index in [4.69, 9.17) is 19.5 Å². The van der Waals surface area contributed by atoms with E-state index >= 15 is 0 Å². The van der Waals surface area contributed by atoms with E-state index in [0.29, 0.717) is 24.7 Å². The lowest BCUT2D eigenvalue weighted by molar-refractivity contribution is -0.117. The third-order valence-corrected chi connectivity index (χ3v) is 3.32. The Labute approximate surface area is 142 Å². The first-order valence-electron chi connectivity index (χ1n) is 7.42. The van der Waals surface area contributed by atoms with Gasteiger partial charge in [-0.25, -0.2) is 0 Å². The van der Waals surface area contributed by atoms with Crippen LogP contribution in [-0.2, 0) is 9.53 Å². The zero-order chi connectivity index (χ0) is 17.9. The molecule has 0 radical (unpaired) electrons. The van der Waals surface area contributed by atoms with Crippen molar-refractivity contribution in [3.05, 3.63) is 35.5 Å². The normalized spacial score (nSPS) is 12.0. The number of benzene rings is 1. The van der Waals surface area contributed by atoms with Gasteiger partial charge in [0.2, 0.25) is 0 Å². The molecule has 0 saturated carbocycles. The van der Waals surface area contributed by atoms with E-state index in [1.54, 1.807) is 33.5 Å². The van der Waals surface area contributed by atoms with E-state index in [0.717, 1.165) is 5.56 Å². The molecule has 2 N–H and O–H groups in total. The fourth-order valence-corrected chi connectivity index (χ4v) is 1.96. The van der Waals surface area contributed by atoms with Crippen molar-refractivity contribution in [3.63, 3.8) is 0 Å². The van der Waals surface area contributed by atoms with Crippen LogP contribution in [-0.4, -0.2) is 40.4 Å². The number of nitrogens with zero attached hydrogens (tertiary/aromatic N) is 1. The minimum Gasteiger partial charge on any atom is -0.493 e. The van der Waals surface area contributed by atoms with Gasteiger partial charge in [0.25, 0.3) is 5.91 Å². The molecule has 0 saturated heterocycles. The van der Waals surface area contributed by atoms with E-state index in [1.165, 1.54) is 6.20 Å². The Morgan fingerprint density at radius 3 is 2.58 bits per heavy atom. The van der Waals surface area contributed by atoms with Crippen molar-refractivity contribution in [2.45, 2.75) is 13.0 Å². The molecule has 24 heavy (non-hydrogen) atoms. The second-order valence-corrected chi connectivity index (χ2v) is 4.93. The van der Waals surface area contributed by atoms with Crippen LogP contribution in [0.25, 0.3) is 0 Å². The van der Waals surface area contributed by atoms with Gasteiger partial charge in [0, 0.05) is 19.9 Å². The quantitative estimate of drug-likeness (QED) is 0.404. The number of carbonyl (C=O) groups excluding carboxylic acids is 1. The van der Waals surface area contributed by atoms with Gasteiger partial charge in [-0.3, -0.25) is 4.79 Å². The zero-order valence-corrected chi connectivity index (χ0v) is 14.4. The Morgan fingerprint density at radius 2 is 2.00 bits per heavy atom. The van der Waals surface area contributed by atoms with Crippen LogP contribution >= 0.6 is 0 Å². The number of nitrogens with one attached hydrogen (secondary N) is 2. The molecule has 1 aromatic carbocycles. The molecule has 1 atom stereocenters. The van der Waals surface area contributed by atoms with E-state index in [9.17, 15) is 4.79 Å². The maximum atomic E-state index is 12.2. The summed E-state index contributed by atoms with van der Waals surface area (Å²) in [6.07, 6.45) is 1.38. The molecule has 0 aliphatic carbocycles. The summed E-state index contributed by atoms with van der Waals surface area (Å²) in [6.45, 7) is 2.82. The monoisotopic (exact) mass is 333 g/mol. The van der Waals surface area contributed by atoms with Crippen molar-refractivity contribution < 1.29 is 19.0 Å². The van der Waals surface area contributed by atoms with Gasteiger partial charge in [-0.2, -0.15) is 5.26 Å². The molecule has 0 spiro atoms. The summed E-state index contributed by atoms with van der Waals surface area (Å²) in [7, 11) is 4.69. The van der Waals surface area contributed by atoms with E-state index in [-0.39, 0.29) is 11.6 Å². The van der Waals surface area contributed by atoms with Crippen LogP contribution in [0.15, 0.2) is 30.0 Å². The Balaban J connectivity index is 2.77. The smallest absolute Gasteiger partial charge is 0.263 e. The van der Waals surface area contributed by atoms with Crippen LogP contribution in [0.3, 0.4) is 0 Å². The van der Waals surface area contributed by atoms with Gasteiger partial charge in [-0.1, -0.05) is 6.07 Å². The number of nitriles is 1. The van der Waals surface area contributed by atoms with Gasteiger partial charge in [0.15, 0.2) is 11.5 Å². The van der Waals surface area contributed by atoms with Crippen molar-refractivity contribution in [2.75, 3.05) is 34.5 Å². The highest BCUT2D eigenvalue weighted by Gasteiger charge is 2.15. The lowest BCUT2D eigenvalue weighted by Crippen LogP contribution is -2.28. The SMILES string of the molecule is COCCN/C=C(/C#N)C(=O)NC(C)c1ccc(OC)c(OC)c1. The molecular formula is C17H23N3O4. The summed E-state index contributed by atoms with van der Waals surface area (Å²) < 4.78 is 15.3. The molecule has 0 heterocycles. The van der Waals surface area contributed by atoms with Gasteiger partial charge >= 0.3 is 0 Å². The van der Waals surface area contributed by atoms with Crippen LogP contribution < -0.4 is 20.1 Å². The van der Waals surface area contributed by atoms with Crippen molar-refractivity contribution >= 4 is 5.91 Å². The third kappa shape index (κ3) is 5.48. The first kappa shape index (κ1) is 19.3. The van der Waals surface area contributed by atoms with Crippen molar-refractivity contribution in [3.8, 4) is 17.6 Å². The highest BCUT2D eigenvalue weighted by atomic mass is 16.5. The predicted molar refractivity (Wildman–Crippen MR) is 89.7 cm³/mol. The molecule has 0 bridgehead atoms. The van der Waals surface area contributed by atoms with Crippen molar-refractivity contribution in [1.29, 1.82) is 5.26 Å². The van der Waals surface area contributed by atoms with E-state index in [2.05, 4.69) is 10.6 Å². The van der Waals surface area contributed by atoms with E-state index < -0.39 is 5.91 Å². The maximum Gasteiger partial charge on any atom is 0.263 e. The molecular weight excluding hydrogens is 310 g/mol. The van der Waals surface area contributed by atoms with Crippen LogP contribution in [0.2, 0.25) is 0 Å². The minimum absolute atomic E-state index is 0.00145. The summed E-state index contributed by atoms with van der Waals surface area (Å²) in [5, 5.41) is 14.7. The molecule has 7 nitrogen and oxygen atoms in total. The average molecular weight is 333 g/mol. The molecule has 1 unspecified atom stereocenters. The first-order chi connectivity index (χ1) is 11.6. The molecule has 0 aliphatic heterocycles. The first-order valence-corrected chi connectivity index (χ1v) is 7.42. The fourth-order valence-electron chi connectivity index (χ4n) is 1.96. The molecule has 0 fully saturated rings. The van der Waals surface area contributed by atoms with Gasteiger partial charge < -0.3 is 24.8 Å². The molecule has 7 heteroatoms. The van der Waals surface area contributed by atoms with Crippen molar-refractivity contribution in [2.24, 2.45) is 0 Å². The lowest BCUT2D eigenvalue weighted by Gasteiger charge is -2.16. The number of amides is 1. The van der Waals surface area contributed by atoms with Crippen LogP contribution in [0, 0.1) is 11.3 Å². The van der Waals surface area contributed by atoms with Gasteiger partial charge in [-0.15, -0.1) is 0 Å². The predicted octanol–water partition coefficient (Wildman–Crippen LogP) is 1.52. The standard InChI is InChI=1S/C17H23N3O4/c1-12(13-5-6-15(23-3)16(9-13)24-4)20-17(21)14(10-18)11-19-7-8-22-2/h5-6,9,11-12,19H,7-8H2,1-4H3,(H,20,21)/b14-11-. The summed E-state index contributed by atoms with van der Waals surface area (Å²) in [5.41, 5.74) is 0.837. The summed E-state index contributed by atoms with van der Waals surface area (Å²) in [4.78, 5) is 12.2. The number of rotatable bonds is 9. The zero-order valence-electron chi connectivity index (χ0n) is 14.4. The number of hydrogen-bond acceptors (Lipinski definition) is 6. The topological polar surface area (TPSA) is 92.6 Å².